The quantitative estimate of drug-likeness (QED) is 0.549. The summed E-state index contributed by atoms with van der Waals surface area (Å²) in [6.07, 6.45) is 0.731. The highest BCUT2D eigenvalue weighted by molar-refractivity contribution is 6.20. The Morgan fingerprint density at radius 3 is 2.36 bits per heavy atom. The van der Waals surface area contributed by atoms with Gasteiger partial charge in [-0.15, -0.1) is 11.6 Å². The second kappa shape index (κ2) is 5.16. The average molecular weight is 211 g/mol. The minimum atomic E-state index is 0.00454. The van der Waals surface area contributed by atoms with Gasteiger partial charge < -0.3 is 0 Å². The topological polar surface area (TPSA) is 17.1 Å². The molecule has 0 aromatic heterocycles. The van der Waals surface area contributed by atoms with E-state index >= 15 is 0 Å². The van der Waals surface area contributed by atoms with Gasteiger partial charge in [0.05, 0.1) is 0 Å². The maximum absolute atomic E-state index is 11.8. The van der Waals surface area contributed by atoms with Gasteiger partial charge in [0.25, 0.3) is 0 Å². The first-order chi connectivity index (χ1) is 6.61. The molecule has 2 heteroatoms. The van der Waals surface area contributed by atoms with Crippen LogP contribution in [-0.4, -0.2) is 11.2 Å². The first-order valence-corrected chi connectivity index (χ1v) is 5.28. The summed E-state index contributed by atoms with van der Waals surface area (Å²) in [4.78, 5) is 11.8. The molecule has 2 atom stereocenters. The van der Waals surface area contributed by atoms with E-state index in [0.717, 1.165) is 12.0 Å². The molecule has 0 bridgehead atoms. The normalized spacial score (nSPS) is 14.8. The Labute approximate surface area is 90.1 Å². The zero-order valence-corrected chi connectivity index (χ0v) is 9.29. The fourth-order valence-corrected chi connectivity index (χ4v) is 1.75. The molecule has 1 rings (SSSR count). The lowest BCUT2D eigenvalue weighted by Gasteiger charge is -2.11. The van der Waals surface area contributed by atoms with Gasteiger partial charge in [-0.05, 0) is 13.3 Å². The molecule has 0 aliphatic rings. The lowest BCUT2D eigenvalue weighted by molar-refractivity contribution is 0.0924. The Morgan fingerprint density at radius 1 is 1.29 bits per heavy atom. The summed E-state index contributed by atoms with van der Waals surface area (Å²) in [5, 5.41) is 0.0534. The van der Waals surface area contributed by atoms with Gasteiger partial charge in [-0.1, -0.05) is 37.3 Å². The van der Waals surface area contributed by atoms with Gasteiger partial charge in [0.1, 0.15) is 0 Å². The SMILES string of the molecule is CC(Cl)CC(C)C(=O)c1ccccc1. The van der Waals surface area contributed by atoms with Crippen LogP contribution in [0.5, 0.6) is 0 Å². The van der Waals surface area contributed by atoms with Gasteiger partial charge in [-0.25, -0.2) is 0 Å². The van der Waals surface area contributed by atoms with Crippen molar-refractivity contribution in [2.45, 2.75) is 25.6 Å². The summed E-state index contributed by atoms with van der Waals surface area (Å²) in [7, 11) is 0. The van der Waals surface area contributed by atoms with Crippen molar-refractivity contribution in [3.05, 3.63) is 35.9 Å². The third-order valence-corrected chi connectivity index (χ3v) is 2.36. The Bertz CT molecular complexity index is 292. The highest BCUT2D eigenvalue weighted by Crippen LogP contribution is 2.16. The van der Waals surface area contributed by atoms with Crippen LogP contribution in [0.1, 0.15) is 30.6 Å². The smallest absolute Gasteiger partial charge is 0.165 e. The number of ketones is 1. The van der Waals surface area contributed by atoms with E-state index in [2.05, 4.69) is 0 Å². The molecule has 0 fully saturated rings. The minimum absolute atomic E-state index is 0.00454. The molecule has 2 unspecified atom stereocenters. The third-order valence-electron chi connectivity index (χ3n) is 2.18. The summed E-state index contributed by atoms with van der Waals surface area (Å²) in [5.74, 6) is 0.183. The van der Waals surface area contributed by atoms with Gasteiger partial charge in [0, 0.05) is 16.9 Å². The molecule has 76 valence electrons. The molecule has 0 N–H and O–H groups in total. The fourth-order valence-electron chi connectivity index (χ4n) is 1.48. The molecule has 0 saturated heterocycles. The lowest BCUT2D eigenvalue weighted by atomic mass is 9.95. The summed E-state index contributed by atoms with van der Waals surface area (Å²) in [6.45, 7) is 3.84. The molecule has 0 spiro atoms. The van der Waals surface area contributed by atoms with Gasteiger partial charge in [0.15, 0.2) is 5.78 Å². The third kappa shape index (κ3) is 3.15. The zero-order valence-electron chi connectivity index (χ0n) is 8.53. The predicted molar refractivity (Wildman–Crippen MR) is 59.9 cm³/mol. The van der Waals surface area contributed by atoms with Crippen LogP contribution in [0.3, 0.4) is 0 Å². The van der Waals surface area contributed by atoms with E-state index in [1.807, 2.05) is 44.2 Å². The van der Waals surface area contributed by atoms with Crippen LogP contribution in [0.25, 0.3) is 0 Å². The average Bonchev–Trinajstić information content (AvgIpc) is 2.17. The van der Waals surface area contributed by atoms with Crippen LogP contribution in [0.4, 0.5) is 0 Å². The highest BCUT2D eigenvalue weighted by atomic mass is 35.5. The number of carbonyl (C=O) groups excluding carboxylic acids is 1. The number of hydrogen-bond donors (Lipinski definition) is 0. The van der Waals surface area contributed by atoms with Crippen molar-refractivity contribution in [1.29, 1.82) is 0 Å². The van der Waals surface area contributed by atoms with Crippen LogP contribution in [-0.2, 0) is 0 Å². The molecule has 0 amide bonds. The van der Waals surface area contributed by atoms with Gasteiger partial charge in [-0.2, -0.15) is 0 Å². The number of Topliss-reactive ketones (excluding diaryl/α,β-unsaturated/α-hetero) is 1. The number of halogens is 1. The Kier molecular flexibility index (Phi) is 4.15. The van der Waals surface area contributed by atoms with Crippen LogP contribution >= 0.6 is 11.6 Å². The van der Waals surface area contributed by atoms with Gasteiger partial charge in [-0.3, -0.25) is 4.79 Å². The lowest BCUT2D eigenvalue weighted by Crippen LogP contribution is -2.14. The molecule has 1 aromatic rings. The molecule has 1 nitrogen and oxygen atoms in total. The van der Waals surface area contributed by atoms with Gasteiger partial charge in [0.2, 0.25) is 0 Å². The Morgan fingerprint density at radius 2 is 1.86 bits per heavy atom. The highest BCUT2D eigenvalue weighted by Gasteiger charge is 2.16. The molecule has 1 aromatic carbocycles. The summed E-state index contributed by atoms with van der Waals surface area (Å²) < 4.78 is 0. The van der Waals surface area contributed by atoms with E-state index in [4.69, 9.17) is 11.6 Å². The van der Waals surface area contributed by atoms with E-state index in [1.165, 1.54) is 0 Å². The summed E-state index contributed by atoms with van der Waals surface area (Å²) in [6, 6.07) is 9.36. The van der Waals surface area contributed by atoms with Crippen LogP contribution in [0, 0.1) is 5.92 Å². The summed E-state index contributed by atoms with van der Waals surface area (Å²) >= 11 is 5.85. The molecular weight excluding hydrogens is 196 g/mol. The summed E-state index contributed by atoms with van der Waals surface area (Å²) in [5.41, 5.74) is 0.775. The number of carbonyl (C=O) groups is 1. The predicted octanol–water partition coefficient (Wildman–Crippen LogP) is 3.52. The van der Waals surface area contributed by atoms with Crippen LogP contribution in [0.2, 0.25) is 0 Å². The number of benzene rings is 1. The number of alkyl halides is 1. The van der Waals surface area contributed by atoms with Crippen LogP contribution < -0.4 is 0 Å². The van der Waals surface area contributed by atoms with Crippen molar-refractivity contribution >= 4 is 17.4 Å². The van der Waals surface area contributed by atoms with Crippen molar-refractivity contribution < 1.29 is 4.79 Å². The second-order valence-electron chi connectivity index (χ2n) is 3.65. The molecule has 0 heterocycles. The Hall–Kier alpha value is -0.820. The van der Waals surface area contributed by atoms with Crippen molar-refractivity contribution in [2.24, 2.45) is 5.92 Å². The van der Waals surface area contributed by atoms with Crippen molar-refractivity contribution in [2.75, 3.05) is 0 Å². The van der Waals surface area contributed by atoms with Crippen molar-refractivity contribution in [3.63, 3.8) is 0 Å². The first-order valence-electron chi connectivity index (χ1n) is 4.84. The van der Waals surface area contributed by atoms with E-state index in [0.29, 0.717) is 0 Å². The number of hydrogen-bond acceptors (Lipinski definition) is 1. The minimum Gasteiger partial charge on any atom is -0.294 e. The monoisotopic (exact) mass is 210 g/mol. The van der Waals surface area contributed by atoms with Crippen molar-refractivity contribution in [1.82, 2.24) is 0 Å². The molecule has 0 aliphatic carbocycles. The van der Waals surface area contributed by atoms with E-state index in [-0.39, 0.29) is 17.1 Å². The molecule has 0 saturated carbocycles. The standard InChI is InChI=1S/C12H15ClO/c1-9(8-10(2)13)12(14)11-6-4-3-5-7-11/h3-7,9-10H,8H2,1-2H3. The largest absolute Gasteiger partial charge is 0.294 e. The molecular formula is C12H15ClO. The number of rotatable bonds is 4. The maximum Gasteiger partial charge on any atom is 0.165 e. The van der Waals surface area contributed by atoms with Crippen molar-refractivity contribution in [3.8, 4) is 0 Å². The Balaban J connectivity index is 2.66. The molecule has 0 aliphatic heterocycles. The molecule has 0 radical (unpaired) electrons. The second-order valence-corrected chi connectivity index (χ2v) is 4.39. The zero-order chi connectivity index (χ0) is 10.6. The van der Waals surface area contributed by atoms with Gasteiger partial charge >= 0.3 is 0 Å². The fraction of sp³-hybridized carbons (Fsp3) is 0.417. The van der Waals surface area contributed by atoms with Crippen LogP contribution in [0.15, 0.2) is 30.3 Å². The van der Waals surface area contributed by atoms with E-state index in [9.17, 15) is 4.79 Å². The maximum atomic E-state index is 11.8. The van der Waals surface area contributed by atoms with E-state index < -0.39 is 0 Å². The van der Waals surface area contributed by atoms with E-state index in [1.54, 1.807) is 0 Å². The first kappa shape index (κ1) is 11.3. The molecule has 14 heavy (non-hydrogen) atoms.